The molecule has 0 atom stereocenters. The van der Waals surface area contributed by atoms with E-state index in [2.05, 4.69) is 5.32 Å². The first kappa shape index (κ1) is 23.2. The molecule has 180 valence electrons. The number of nitrogens with one attached hydrogen (secondary N) is 1. The second-order valence-electron chi connectivity index (χ2n) is 9.38. The van der Waals surface area contributed by atoms with E-state index in [-0.39, 0.29) is 24.4 Å². The number of aromatic nitrogens is 1. The number of esters is 1. The number of para-hydroxylation sites is 1. The van der Waals surface area contributed by atoms with Crippen LogP contribution >= 0.6 is 0 Å². The number of benzene rings is 2. The molecule has 5 nitrogen and oxygen atoms in total. The predicted octanol–water partition coefficient (Wildman–Crippen LogP) is 5.86. The largest absolute Gasteiger partial charge is 0.452 e. The van der Waals surface area contributed by atoms with Gasteiger partial charge in [0.1, 0.15) is 5.82 Å². The Morgan fingerprint density at radius 2 is 1.77 bits per heavy atom. The first-order valence-electron chi connectivity index (χ1n) is 12.4. The summed E-state index contributed by atoms with van der Waals surface area (Å²) >= 11 is 0. The molecule has 1 amide bonds. The fourth-order valence-corrected chi connectivity index (χ4v) is 5.19. The zero-order chi connectivity index (χ0) is 24.2. The van der Waals surface area contributed by atoms with Gasteiger partial charge in [0.15, 0.2) is 6.61 Å². The molecule has 1 fully saturated rings. The molecule has 0 saturated heterocycles. The third-order valence-corrected chi connectivity index (χ3v) is 6.89. The van der Waals surface area contributed by atoms with Crippen molar-refractivity contribution in [2.24, 2.45) is 0 Å². The van der Waals surface area contributed by atoms with Gasteiger partial charge in [-0.3, -0.25) is 4.79 Å². The molecule has 35 heavy (non-hydrogen) atoms. The standard InChI is InChI=1S/C29H29FN2O3/c30-21-15-13-19(14-16-21)17-20-7-6-11-24-27(23-10-4-5-12-25(23)32-28(20)24)29(34)35-18-26(33)31-22-8-2-1-3-9-22/h4-5,10,12-17,22H,1-3,6-9,11,18H2,(H,31,33). The molecule has 2 aliphatic carbocycles. The maximum Gasteiger partial charge on any atom is 0.339 e. The van der Waals surface area contributed by atoms with Gasteiger partial charge in [-0.2, -0.15) is 0 Å². The quantitative estimate of drug-likeness (QED) is 0.473. The van der Waals surface area contributed by atoms with E-state index in [1.165, 1.54) is 18.6 Å². The van der Waals surface area contributed by atoms with Crippen LogP contribution in [0.4, 0.5) is 4.39 Å². The number of hydrogen-bond donors (Lipinski definition) is 1. The van der Waals surface area contributed by atoms with Gasteiger partial charge in [0.2, 0.25) is 0 Å². The van der Waals surface area contributed by atoms with Crippen molar-refractivity contribution in [2.75, 3.05) is 6.61 Å². The van der Waals surface area contributed by atoms with Crippen LogP contribution < -0.4 is 5.32 Å². The SMILES string of the molecule is O=C(COC(=O)c1c2c(nc3ccccc13)C(=Cc1ccc(F)cc1)CCC2)NC1CCCCC1. The molecule has 0 bridgehead atoms. The monoisotopic (exact) mass is 472 g/mol. The number of amides is 1. The van der Waals surface area contributed by atoms with E-state index in [0.717, 1.165) is 66.3 Å². The number of carbonyl (C=O) groups is 2. The topological polar surface area (TPSA) is 68.3 Å². The predicted molar refractivity (Wildman–Crippen MR) is 134 cm³/mol. The molecule has 0 unspecified atom stereocenters. The molecule has 1 aromatic heterocycles. The highest BCUT2D eigenvalue weighted by molar-refractivity contribution is 6.07. The van der Waals surface area contributed by atoms with E-state index in [4.69, 9.17) is 9.72 Å². The second kappa shape index (κ2) is 10.4. The van der Waals surface area contributed by atoms with Gasteiger partial charge in [0, 0.05) is 11.4 Å². The minimum Gasteiger partial charge on any atom is -0.452 e. The molecule has 0 aliphatic heterocycles. The molecule has 5 rings (SSSR count). The lowest BCUT2D eigenvalue weighted by Crippen LogP contribution is -2.38. The Hall–Kier alpha value is -3.54. The van der Waals surface area contributed by atoms with Crippen LogP contribution in [0.25, 0.3) is 22.6 Å². The maximum atomic E-state index is 13.4. The van der Waals surface area contributed by atoms with Gasteiger partial charge < -0.3 is 10.1 Å². The van der Waals surface area contributed by atoms with Crippen molar-refractivity contribution in [1.82, 2.24) is 10.3 Å². The average molecular weight is 473 g/mol. The van der Waals surface area contributed by atoms with E-state index in [1.54, 1.807) is 12.1 Å². The lowest BCUT2D eigenvalue weighted by Gasteiger charge is -2.23. The number of hydrogen-bond acceptors (Lipinski definition) is 4. The Morgan fingerprint density at radius 1 is 1.00 bits per heavy atom. The van der Waals surface area contributed by atoms with Crippen molar-refractivity contribution in [3.63, 3.8) is 0 Å². The third kappa shape index (κ3) is 5.26. The van der Waals surface area contributed by atoms with Gasteiger partial charge in [-0.15, -0.1) is 0 Å². The molecule has 2 aliphatic rings. The molecule has 2 aromatic carbocycles. The summed E-state index contributed by atoms with van der Waals surface area (Å²) in [6.07, 6.45) is 9.78. The number of rotatable bonds is 5. The normalized spacial score (nSPS) is 17.2. The van der Waals surface area contributed by atoms with Crippen molar-refractivity contribution < 1.29 is 18.7 Å². The van der Waals surface area contributed by atoms with Crippen LogP contribution in [0.15, 0.2) is 48.5 Å². The van der Waals surface area contributed by atoms with Gasteiger partial charge in [-0.05, 0) is 73.1 Å². The van der Waals surface area contributed by atoms with E-state index >= 15 is 0 Å². The summed E-state index contributed by atoms with van der Waals surface area (Å²) in [7, 11) is 0. The number of nitrogens with zero attached hydrogens (tertiary/aromatic N) is 1. The number of halogens is 1. The van der Waals surface area contributed by atoms with Crippen molar-refractivity contribution in [2.45, 2.75) is 57.4 Å². The van der Waals surface area contributed by atoms with E-state index in [1.807, 2.05) is 30.3 Å². The van der Waals surface area contributed by atoms with Gasteiger partial charge >= 0.3 is 5.97 Å². The Morgan fingerprint density at radius 3 is 2.57 bits per heavy atom. The fraction of sp³-hybridized carbons (Fsp3) is 0.345. The summed E-state index contributed by atoms with van der Waals surface area (Å²) < 4.78 is 18.9. The molecule has 6 heteroatoms. The highest BCUT2D eigenvalue weighted by Gasteiger charge is 2.26. The number of ether oxygens (including phenoxy) is 1. The second-order valence-corrected chi connectivity index (χ2v) is 9.38. The average Bonchev–Trinajstić information content (AvgIpc) is 2.88. The van der Waals surface area contributed by atoms with Gasteiger partial charge in [-0.1, -0.05) is 49.6 Å². The first-order valence-corrected chi connectivity index (χ1v) is 12.4. The van der Waals surface area contributed by atoms with E-state index in [0.29, 0.717) is 17.5 Å². The summed E-state index contributed by atoms with van der Waals surface area (Å²) in [5, 5.41) is 3.73. The Balaban J connectivity index is 1.44. The van der Waals surface area contributed by atoms with Crippen LogP contribution in [0.1, 0.15) is 72.1 Å². The third-order valence-electron chi connectivity index (χ3n) is 6.89. The molecule has 0 spiro atoms. The molecule has 1 N–H and O–H groups in total. The van der Waals surface area contributed by atoms with Crippen LogP contribution in [0.5, 0.6) is 0 Å². The van der Waals surface area contributed by atoms with Gasteiger partial charge in [-0.25, -0.2) is 14.2 Å². The van der Waals surface area contributed by atoms with Crippen molar-refractivity contribution >= 4 is 34.4 Å². The first-order chi connectivity index (χ1) is 17.1. The lowest BCUT2D eigenvalue weighted by atomic mass is 9.86. The van der Waals surface area contributed by atoms with Crippen molar-refractivity contribution in [1.29, 1.82) is 0 Å². The smallest absolute Gasteiger partial charge is 0.339 e. The number of fused-ring (bicyclic) bond motifs is 2. The Labute approximate surface area is 204 Å². The van der Waals surface area contributed by atoms with Crippen LogP contribution in [0.3, 0.4) is 0 Å². The maximum absolute atomic E-state index is 13.4. The zero-order valence-corrected chi connectivity index (χ0v) is 19.7. The summed E-state index contributed by atoms with van der Waals surface area (Å²) in [4.78, 5) is 30.7. The summed E-state index contributed by atoms with van der Waals surface area (Å²) in [5.41, 5.74) is 4.71. The van der Waals surface area contributed by atoms with E-state index in [9.17, 15) is 14.0 Å². The lowest BCUT2D eigenvalue weighted by molar-refractivity contribution is -0.125. The van der Waals surface area contributed by atoms with Crippen molar-refractivity contribution in [3.8, 4) is 0 Å². The number of allylic oxidation sites excluding steroid dienone is 1. The highest BCUT2D eigenvalue weighted by Crippen LogP contribution is 2.36. The fourth-order valence-electron chi connectivity index (χ4n) is 5.19. The van der Waals surface area contributed by atoms with Crippen LogP contribution in [-0.2, 0) is 16.0 Å². The summed E-state index contributed by atoms with van der Waals surface area (Å²) in [5.74, 6) is -1.03. The molecule has 1 saturated carbocycles. The minimum absolute atomic E-state index is 0.170. The van der Waals surface area contributed by atoms with Crippen LogP contribution in [0, 0.1) is 5.82 Å². The molecule has 3 aromatic rings. The minimum atomic E-state index is -0.498. The number of carbonyl (C=O) groups excluding carboxylic acids is 2. The zero-order valence-electron chi connectivity index (χ0n) is 19.7. The van der Waals surface area contributed by atoms with E-state index < -0.39 is 5.97 Å². The Kier molecular flexibility index (Phi) is 6.89. The molecular formula is C29H29FN2O3. The Bertz CT molecular complexity index is 1280. The summed E-state index contributed by atoms with van der Waals surface area (Å²) in [6, 6.07) is 14.0. The van der Waals surface area contributed by atoms with Crippen LogP contribution in [-0.4, -0.2) is 29.5 Å². The molecular weight excluding hydrogens is 443 g/mol. The summed E-state index contributed by atoms with van der Waals surface area (Å²) in [6.45, 7) is -0.293. The highest BCUT2D eigenvalue weighted by atomic mass is 19.1. The van der Waals surface area contributed by atoms with Crippen LogP contribution in [0.2, 0.25) is 0 Å². The van der Waals surface area contributed by atoms with Gasteiger partial charge in [0.25, 0.3) is 5.91 Å². The molecule has 0 radical (unpaired) electrons. The molecule has 1 heterocycles. The number of pyridine rings is 1. The van der Waals surface area contributed by atoms with Gasteiger partial charge in [0.05, 0.1) is 16.8 Å². The van der Waals surface area contributed by atoms with Crippen molar-refractivity contribution in [3.05, 3.63) is 76.7 Å².